The number of aromatic nitrogens is 1. The number of likely N-dealkylation sites (N-methyl/N-ethyl adjacent to an activating group) is 1. The molecule has 0 fully saturated rings. The Bertz CT molecular complexity index is 708. The fraction of sp³-hybridized carbons (Fsp3) is 0.211. The Balaban J connectivity index is 2.31. The van der Waals surface area contributed by atoms with Gasteiger partial charge in [0.05, 0.1) is 0 Å². The molecule has 0 saturated heterocycles. The Morgan fingerprint density at radius 1 is 1.04 bits per heavy atom. The molecule has 0 saturated carbocycles. The van der Waals surface area contributed by atoms with Crippen LogP contribution < -0.4 is 5.32 Å². The van der Waals surface area contributed by atoms with Crippen LogP contribution in [0.15, 0.2) is 60.6 Å². The van der Waals surface area contributed by atoms with E-state index in [1.807, 2.05) is 19.9 Å². The molecule has 0 aliphatic carbocycles. The predicted octanol–water partition coefficient (Wildman–Crippen LogP) is 2.72. The molecule has 2 aromatic rings. The molecule has 0 atom stereocenters. The van der Waals surface area contributed by atoms with E-state index in [9.17, 15) is 9.59 Å². The van der Waals surface area contributed by atoms with E-state index in [1.165, 1.54) is 0 Å². The van der Waals surface area contributed by atoms with Gasteiger partial charge in [-0.25, -0.2) is 0 Å². The van der Waals surface area contributed by atoms with Crippen molar-refractivity contribution in [3.63, 3.8) is 0 Å². The molecule has 0 radical (unpaired) electrons. The Morgan fingerprint density at radius 3 is 2.25 bits per heavy atom. The maximum absolute atomic E-state index is 12.7. The molecule has 0 aliphatic rings. The predicted molar refractivity (Wildman–Crippen MR) is 94.1 cm³/mol. The molecule has 0 bridgehead atoms. The van der Waals surface area contributed by atoms with Crippen molar-refractivity contribution >= 4 is 17.9 Å². The molecule has 0 unspecified atom stereocenters. The van der Waals surface area contributed by atoms with E-state index in [0.717, 1.165) is 5.56 Å². The molecule has 1 aromatic heterocycles. The summed E-state index contributed by atoms with van der Waals surface area (Å²) >= 11 is 0. The average molecular weight is 323 g/mol. The van der Waals surface area contributed by atoms with E-state index in [0.29, 0.717) is 18.7 Å². The van der Waals surface area contributed by atoms with E-state index < -0.39 is 0 Å². The first-order valence-corrected chi connectivity index (χ1v) is 7.93. The highest BCUT2D eigenvalue weighted by atomic mass is 16.2. The maximum atomic E-state index is 12.7. The molecule has 1 aromatic carbocycles. The zero-order valence-electron chi connectivity index (χ0n) is 13.9. The zero-order chi connectivity index (χ0) is 17.4. The lowest BCUT2D eigenvalue weighted by atomic mass is 10.1. The number of carbonyl (C=O) groups excluding carboxylic acids is 2. The second kappa shape index (κ2) is 8.62. The van der Waals surface area contributed by atoms with Crippen molar-refractivity contribution in [3.8, 4) is 0 Å². The van der Waals surface area contributed by atoms with Crippen LogP contribution in [0.25, 0.3) is 6.08 Å². The quantitative estimate of drug-likeness (QED) is 0.832. The van der Waals surface area contributed by atoms with Gasteiger partial charge in [-0.15, -0.1) is 0 Å². The largest absolute Gasteiger partial charge is 0.338 e. The van der Waals surface area contributed by atoms with Crippen molar-refractivity contribution in [2.24, 2.45) is 0 Å². The summed E-state index contributed by atoms with van der Waals surface area (Å²) in [4.78, 5) is 30.7. The third-order valence-electron chi connectivity index (χ3n) is 3.58. The van der Waals surface area contributed by atoms with Crippen molar-refractivity contribution in [2.75, 3.05) is 13.1 Å². The van der Waals surface area contributed by atoms with E-state index in [2.05, 4.69) is 10.3 Å². The topological polar surface area (TPSA) is 62.3 Å². The third kappa shape index (κ3) is 4.52. The summed E-state index contributed by atoms with van der Waals surface area (Å²) in [6.45, 7) is 4.96. The first-order chi connectivity index (χ1) is 11.7. The minimum absolute atomic E-state index is 0.207. The minimum atomic E-state index is -0.309. The van der Waals surface area contributed by atoms with Crippen LogP contribution in [0.2, 0.25) is 0 Å². The van der Waals surface area contributed by atoms with Crippen LogP contribution in [0, 0.1) is 0 Å². The van der Waals surface area contributed by atoms with Gasteiger partial charge >= 0.3 is 0 Å². The van der Waals surface area contributed by atoms with Crippen molar-refractivity contribution < 1.29 is 9.59 Å². The van der Waals surface area contributed by atoms with Gasteiger partial charge in [-0.1, -0.05) is 18.2 Å². The molecule has 5 nitrogen and oxygen atoms in total. The van der Waals surface area contributed by atoms with Gasteiger partial charge in [0.15, 0.2) is 0 Å². The Morgan fingerprint density at radius 2 is 1.67 bits per heavy atom. The van der Waals surface area contributed by atoms with Crippen LogP contribution in [-0.4, -0.2) is 34.8 Å². The van der Waals surface area contributed by atoms with Gasteiger partial charge < -0.3 is 10.2 Å². The molecule has 124 valence electrons. The number of carbonyl (C=O) groups is 2. The van der Waals surface area contributed by atoms with E-state index in [-0.39, 0.29) is 17.5 Å². The van der Waals surface area contributed by atoms with Crippen LogP contribution in [0.1, 0.15) is 29.8 Å². The Labute approximate surface area is 142 Å². The number of hydrogen-bond acceptors (Lipinski definition) is 3. The van der Waals surface area contributed by atoms with Gasteiger partial charge in [0, 0.05) is 31.0 Å². The van der Waals surface area contributed by atoms with Gasteiger partial charge in [0.1, 0.15) is 5.70 Å². The lowest BCUT2D eigenvalue weighted by molar-refractivity contribution is -0.127. The smallest absolute Gasteiger partial charge is 0.270 e. The van der Waals surface area contributed by atoms with Crippen LogP contribution in [-0.2, 0) is 4.79 Å². The molecule has 0 aliphatic heterocycles. The summed E-state index contributed by atoms with van der Waals surface area (Å²) in [6, 6.07) is 12.4. The molecular formula is C19H21N3O2. The van der Waals surface area contributed by atoms with Crippen LogP contribution >= 0.6 is 0 Å². The fourth-order valence-electron chi connectivity index (χ4n) is 2.24. The van der Waals surface area contributed by atoms with E-state index >= 15 is 0 Å². The first kappa shape index (κ1) is 17.4. The Hall–Kier alpha value is -2.95. The number of hydrogen-bond donors (Lipinski definition) is 1. The lowest BCUT2D eigenvalue weighted by Gasteiger charge is -2.21. The average Bonchev–Trinajstić information content (AvgIpc) is 2.63. The molecule has 5 heteroatoms. The van der Waals surface area contributed by atoms with Crippen LogP contribution in [0.3, 0.4) is 0 Å². The lowest BCUT2D eigenvalue weighted by Crippen LogP contribution is -2.38. The SMILES string of the molecule is CCN(CC)C(=O)C(=Cc1ccncc1)NC(=O)c1ccccc1. The van der Waals surface area contributed by atoms with Gasteiger partial charge in [-0.3, -0.25) is 14.6 Å². The van der Waals surface area contributed by atoms with Gasteiger partial charge in [0.25, 0.3) is 11.8 Å². The number of pyridine rings is 1. The van der Waals surface area contributed by atoms with Crippen molar-refractivity contribution in [2.45, 2.75) is 13.8 Å². The molecular weight excluding hydrogens is 302 g/mol. The van der Waals surface area contributed by atoms with Crippen LogP contribution in [0.5, 0.6) is 0 Å². The number of nitrogens with zero attached hydrogens (tertiary/aromatic N) is 2. The fourth-order valence-corrected chi connectivity index (χ4v) is 2.24. The van der Waals surface area contributed by atoms with Gasteiger partial charge in [-0.2, -0.15) is 0 Å². The summed E-state index contributed by atoms with van der Waals surface area (Å²) in [5, 5.41) is 2.74. The van der Waals surface area contributed by atoms with Gasteiger partial charge in [-0.05, 0) is 49.8 Å². The zero-order valence-corrected chi connectivity index (χ0v) is 13.9. The Kier molecular flexibility index (Phi) is 6.25. The first-order valence-electron chi connectivity index (χ1n) is 7.93. The standard InChI is InChI=1S/C19H21N3O2/c1-3-22(4-2)19(24)17(14-15-10-12-20-13-11-15)21-18(23)16-8-6-5-7-9-16/h5-14H,3-4H2,1-2H3,(H,21,23). The monoisotopic (exact) mass is 323 g/mol. The number of rotatable bonds is 6. The van der Waals surface area contributed by atoms with E-state index in [1.54, 1.807) is 59.8 Å². The van der Waals surface area contributed by atoms with Crippen molar-refractivity contribution in [1.82, 2.24) is 15.2 Å². The summed E-state index contributed by atoms with van der Waals surface area (Å²) in [6.07, 6.45) is 4.96. The third-order valence-corrected chi connectivity index (χ3v) is 3.58. The van der Waals surface area contributed by atoms with Crippen molar-refractivity contribution in [1.29, 1.82) is 0 Å². The van der Waals surface area contributed by atoms with E-state index in [4.69, 9.17) is 0 Å². The second-order valence-corrected chi connectivity index (χ2v) is 5.14. The molecule has 1 N–H and O–H groups in total. The van der Waals surface area contributed by atoms with Crippen molar-refractivity contribution in [3.05, 3.63) is 71.7 Å². The molecule has 24 heavy (non-hydrogen) atoms. The summed E-state index contributed by atoms with van der Waals surface area (Å²) in [7, 11) is 0. The minimum Gasteiger partial charge on any atom is -0.338 e. The number of amides is 2. The van der Waals surface area contributed by atoms with Gasteiger partial charge in [0.2, 0.25) is 0 Å². The molecule has 2 amide bonds. The molecule has 2 rings (SSSR count). The highest BCUT2D eigenvalue weighted by molar-refractivity contribution is 6.05. The normalized spacial score (nSPS) is 11.0. The number of benzene rings is 1. The summed E-state index contributed by atoms with van der Waals surface area (Å²) in [5.74, 6) is -0.516. The summed E-state index contributed by atoms with van der Waals surface area (Å²) in [5.41, 5.74) is 1.55. The van der Waals surface area contributed by atoms with Crippen LogP contribution in [0.4, 0.5) is 0 Å². The second-order valence-electron chi connectivity index (χ2n) is 5.14. The highest BCUT2D eigenvalue weighted by Crippen LogP contribution is 2.09. The molecule has 0 spiro atoms. The molecule has 1 heterocycles. The maximum Gasteiger partial charge on any atom is 0.270 e. The number of nitrogens with one attached hydrogen (secondary N) is 1. The summed E-state index contributed by atoms with van der Waals surface area (Å²) < 4.78 is 0. The highest BCUT2D eigenvalue weighted by Gasteiger charge is 2.18.